The van der Waals surface area contributed by atoms with E-state index in [2.05, 4.69) is 0 Å². The fraction of sp³-hybridized carbons (Fsp3) is 0.467. The Balaban J connectivity index is 2.07. The third kappa shape index (κ3) is 3.74. The SMILES string of the molecule is CC(Cc1ccccc1Cl)C(=O)N1CCOCC1C(=O)O. The van der Waals surface area contributed by atoms with E-state index < -0.39 is 12.0 Å². The molecule has 1 aliphatic rings. The van der Waals surface area contributed by atoms with Crippen LogP contribution in [0.1, 0.15) is 12.5 Å². The highest BCUT2D eigenvalue weighted by Crippen LogP contribution is 2.21. The number of carboxylic acids is 1. The molecule has 1 saturated heterocycles. The molecule has 0 spiro atoms. The average Bonchev–Trinajstić information content (AvgIpc) is 2.48. The molecule has 1 heterocycles. The fourth-order valence-electron chi connectivity index (χ4n) is 2.44. The van der Waals surface area contributed by atoms with Crippen molar-refractivity contribution in [1.29, 1.82) is 0 Å². The number of carbonyl (C=O) groups is 2. The lowest BCUT2D eigenvalue weighted by atomic mass is 9.98. The molecule has 0 aromatic heterocycles. The van der Waals surface area contributed by atoms with Gasteiger partial charge in [0.05, 0.1) is 13.2 Å². The third-order valence-corrected chi connectivity index (χ3v) is 3.97. The second-order valence-corrected chi connectivity index (χ2v) is 5.56. The summed E-state index contributed by atoms with van der Waals surface area (Å²) in [5.74, 6) is -1.54. The molecule has 2 atom stereocenters. The van der Waals surface area contributed by atoms with Crippen LogP contribution in [0.3, 0.4) is 0 Å². The first-order valence-corrected chi connectivity index (χ1v) is 7.23. The number of amides is 1. The molecule has 6 heteroatoms. The van der Waals surface area contributed by atoms with Crippen molar-refractivity contribution < 1.29 is 19.4 Å². The molecule has 1 fully saturated rings. The van der Waals surface area contributed by atoms with Gasteiger partial charge in [-0.15, -0.1) is 0 Å². The van der Waals surface area contributed by atoms with Gasteiger partial charge in [-0.05, 0) is 18.1 Å². The molecule has 21 heavy (non-hydrogen) atoms. The summed E-state index contributed by atoms with van der Waals surface area (Å²) < 4.78 is 5.15. The van der Waals surface area contributed by atoms with Crippen molar-refractivity contribution in [2.24, 2.45) is 5.92 Å². The van der Waals surface area contributed by atoms with Crippen LogP contribution in [0.2, 0.25) is 5.02 Å². The Labute approximate surface area is 128 Å². The molecule has 1 aromatic rings. The van der Waals surface area contributed by atoms with Crippen LogP contribution < -0.4 is 0 Å². The quantitative estimate of drug-likeness (QED) is 0.921. The average molecular weight is 312 g/mol. The zero-order chi connectivity index (χ0) is 15.4. The summed E-state index contributed by atoms with van der Waals surface area (Å²) >= 11 is 6.10. The first-order valence-electron chi connectivity index (χ1n) is 6.85. The highest BCUT2D eigenvalue weighted by atomic mass is 35.5. The van der Waals surface area contributed by atoms with Crippen molar-refractivity contribution in [3.8, 4) is 0 Å². The summed E-state index contributed by atoms with van der Waals surface area (Å²) in [6.07, 6.45) is 0.488. The standard InChI is InChI=1S/C15H18ClNO4/c1-10(8-11-4-2-3-5-12(11)16)14(18)17-6-7-21-9-13(17)15(19)20/h2-5,10,13H,6-9H2,1H3,(H,19,20). The van der Waals surface area contributed by atoms with E-state index in [1.807, 2.05) is 18.2 Å². The minimum Gasteiger partial charge on any atom is -0.480 e. The molecular formula is C15H18ClNO4. The number of morpholine rings is 1. The summed E-state index contributed by atoms with van der Waals surface area (Å²) in [6.45, 7) is 2.51. The van der Waals surface area contributed by atoms with E-state index in [0.29, 0.717) is 24.6 Å². The molecule has 1 amide bonds. The Kier molecular flexibility index (Phi) is 5.20. The van der Waals surface area contributed by atoms with Crippen LogP contribution in [-0.4, -0.2) is 47.7 Å². The maximum atomic E-state index is 12.5. The largest absolute Gasteiger partial charge is 0.480 e. The van der Waals surface area contributed by atoms with E-state index >= 15 is 0 Å². The van der Waals surface area contributed by atoms with Gasteiger partial charge in [-0.2, -0.15) is 0 Å². The van der Waals surface area contributed by atoms with Crippen LogP contribution in [-0.2, 0) is 20.7 Å². The summed E-state index contributed by atoms with van der Waals surface area (Å²) in [7, 11) is 0. The molecule has 2 unspecified atom stereocenters. The van der Waals surface area contributed by atoms with Gasteiger partial charge in [-0.25, -0.2) is 4.79 Å². The van der Waals surface area contributed by atoms with Gasteiger partial charge in [0, 0.05) is 17.5 Å². The van der Waals surface area contributed by atoms with Gasteiger partial charge in [-0.1, -0.05) is 36.7 Å². The Bertz CT molecular complexity index is 534. The van der Waals surface area contributed by atoms with Crippen molar-refractivity contribution >= 4 is 23.5 Å². The molecule has 1 aliphatic heterocycles. The summed E-state index contributed by atoms with van der Waals surface area (Å²) in [5.41, 5.74) is 0.889. The van der Waals surface area contributed by atoms with Crippen LogP contribution in [0, 0.1) is 5.92 Å². The van der Waals surface area contributed by atoms with E-state index in [4.69, 9.17) is 16.3 Å². The van der Waals surface area contributed by atoms with Gasteiger partial charge < -0.3 is 14.7 Å². The smallest absolute Gasteiger partial charge is 0.328 e. The topological polar surface area (TPSA) is 66.8 Å². The number of carbonyl (C=O) groups excluding carboxylic acids is 1. The molecule has 1 N–H and O–H groups in total. The number of hydrogen-bond acceptors (Lipinski definition) is 3. The number of hydrogen-bond donors (Lipinski definition) is 1. The predicted octanol–water partition coefficient (Wildman–Crippen LogP) is 1.83. The second kappa shape index (κ2) is 6.91. The molecule has 1 aromatic carbocycles. The van der Waals surface area contributed by atoms with E-state index in [1.165, 1.54) is 4.90 Å². The summed E-state index contributed by atoms with van der Waals surface area (Å²) in [5, 5.41) is 9.80. The summed E-state index contributed by atoms with van der Waals surface area (Å²) in [6, 6.07) is 6.46. The highest BCUT2D eigenvalue weighted by Gasteiger charge is 2.34. The lowest BCUT2D eigenvalue weighted by molar-refractivity contribution is -0.160. The Hall–Kier alpha value is -1.59. The van der Waals surface area contributed by atoms with Crippen molar-refractivity contribution in [1.82, 2.24) is 4.90 Å². The van der Waals surface area contributed by atoms with Gasteiger partial charge in [0.1, 0.15) is 0 Å². The van der Waals surface area contributed by atoms with Crippen LogP contribution in [0.15, 0.2) is 24.3 Å². The maximum Gasteiger partial charge on any atom is 0.328 e. The van der Waals surface area contributed by atoms with Crippen molar-refractivity contribution in [3.05, 3.63) is 34.9 Å². The Morgan fingerprint density at radius 3 is 2.86 bits per heavy atom. The van der Waals surface area contributed by atoms with Crippen LogP contribution in [0.5, 0.6) is 0 Å². The second-order valence-electron chi connectivity index (χ2n) is 5.16. The number of carboxylic acid groups (broad SMARTS) is 1. The molecule has 2 rings (SSSR count). The first-order chi connectivity index (χ1) is 10.0. The Morgan fingerprint density at radius 2 is 2.19 bits per heavy atom. The van der Waals surface area contributed by atoms with Crippen LogP contribution in [0.25, 0.3) is 0 Å². The predicted molar refractivity (Wildman–Crippen MR) is 78.3 cm³/mol. The molecular weight excluding hydrogens is 294 g/mol. The van der Waals surface area contributed by atoms with Gasteiger partial charge in [0.25, 0.3) is 0 Å². The third-order valence-electron chi connectivity index (χ3n) is 3.60. The first kappa shape index (κ1) is 15.8. The molecule has 0 saturated carbocycles. The molecule has 0 bridgehead atoms. The minimum absolute atomic E-state index is 0.0416. The Morgan fingerprint density at radius 1 is 1.48 bits per heavy atom. The normalized spacial score (nSPS) is 20.1. The van der Waals surface area contributed by atoms with Gasteiger partial charge in [-0.3, -0.25) is 4.79 Å². The van der Waals surface area contributed by atoms with E-state index in [0.717, 1.165) is 5.56 Å². The minimum atomic E-state index is -1.03. The number of ether oxygens (including phenoxy) is 1. The lowest BCUT2D eigenvalue weighted by Crippen LogP contribution is -2.54. The van der Waals surface area contributed by atoms with Crippen LogP contribution in [0.4, 0.5) is 0 Å². The van der Waals surface area contributed by atoms with Gasteiger partial charge in [0.15, 0.2) is 6.04 Å². The molecule has 114 valence electrons. The number of benzene rings is 1. The number of rotatable bonds is 4. The van der Waals surface area contributed by atoms with Gasteiger partial charge >= 0.3 is 5.97 Å². The van der Waals surface area contributed by atoms with Crippen LogP contribution >= 0.6 is 11.6 Å². The van der Waals surface area contributed by atoms with Gasteiger partial charge in [0.2, 0.25) is 5.91 Å². The van der Waals surface area contributed by atoms with E-state index in [1.54, 1.807) is 13.0 Å². The number of nitrogens with zero attached hydrogens (tertiary/aromatic N) is 1. The highest BCUT2D eigenvalue weighted by molar-refractivity contribution is 6.31. The van der Waals surface area contributed by atoms with Crippen molar-refractivity contribution in [2.75, 3.05) is 19.8 Å². The van der Waals surface area contributed by atoms with Crippen molar-refractivity contribution in [2.45, 2.75) is 19.4 Å². The maximum absolute atomic E-state index is 12.5. The van der Waals surface area contributed by atoms with E-state index in [-0.39, 0.29) is 18.4 Å². The lowest BCUT2D eigenvalue weighted by Gasteiger charge is -2.34. The monoisotopic (exact) mass is 311 g/mol. The van der Waals surface area contributed by atoms with E-state index in [9.17, 15) is 14.7 Å². The van der Waals surface area contributed by atoms with Crippen molar-refractivity contribution in [3.63, 3.8) is 0 Å². The molecule has 5 nitrogen and oxygen atoms in total. The molecule has 0 aliphatic carbocycles. The fourth-order valence-corrected chi connectivity index (χ4v) is 2.65. The number of aliphatic carboxylic acids is 1. The number of halogens is 1. The zero-order valence-electron chi connectivity index (χ0n) is 11.8. The summed E-state index contributed by atoms with van der Waals surface area (Å²) in [4.78, 5) is 25.1. The molecule has 0 radical (unpaired) electrons. The zero-order valence-corrected chi connectivity index (χ0v) is 12.5.